The van der Waals surface area contributed by atoms with E-state index >= 15 is 0 Å². The molecule has 0 bridgehead atoms. The van der Waals surface area contributed by atoms with Crippen LogP contribution in [0.15, 0.2) is 18.2 Å². The molecule has 96 valence electrons. The summed E-state index contributed by atoms with van der Waals surface area (Å²) in [5.74, 6) is 0.804. The molecule has 1 aromatic rings. The van der Waals surface area contributed by atoms with Gasteiger partial charge in [-0.2, -0.15) is 0 Å². The van der Waals surface area contributed by atoms with Gasteiger partial charge in [0, 0.05) is 12.1 Å². The van der Waals surface area contributed by atoms with Crippen LogP contribution >= 0.6 is 0 Å². The number of aryl methyl sites for hydroxylation is 1. The van der Waals surface area contributed by atoms with E-state index in [1.54, 1.807) is 6.92 Å². The highest BCUT2D eigenvalue weighted by Crippen LogP contribution is 2.26. The van der Waals surface area contributed by atoms with Crippen molar-refractivity contribution in [3.05, 3.63) is 29.3 Å². The molecule has 1 aromatic carbocycles. The first-order chi connectivity index (χ1) is 8.00. The van der Waals surface area contributed by atoms with Gasteiger partial charge in [0.2, 0.25) is 0 Å². The summed E-state index contributed by atoms with van der Waals surface area (Å²) in [7, 11) is 4.10. The smallest absolute Gasteiger partial charge is 0.125 e. The molecule has 3 nitrogen and oxygen atoms in total. The van der Waals surface area contributed by atoms with Crippen LogP contribution in [0, 0.1) is 6.92 Å². The maximum atomic E-state index is 9.65. The van der Waals surface area contributed by atoms with Crippen molar-refractivity contribution in [1.82, 2.24) is 4.90 Å². The standard InChI is InChI=1S/C14H23NO2/c1-11-6-7-13(12(2)16)14(10-11)17-9-5-8-15(3)4/h6-7,10,12,16H,5,8-9H2,1-4H3/t12-/m1/s1. The molecule has 0 spiro atoms. The van der Waals surface area contributed by atoms with Gasteiger partial charge in [0.25, 0.3) is 0 Å². The Balaban J connectivity index is 2.59. The number of aliphatic hydroxyl groups is 1. The van der Waals surface area contributed by atoms with Gasteiger partial charge in [-0.15, -0.1) is 0 Å². The van der Waals surface area contributed by atoms with E-state index in [9.17, 15) is 5.11 Å². The van der Waals surface area contributed by atoms with Crippen molar-refractivity contribution in [2.45, 2.75) is 26.4 Å². The molecule has 0 heterocycles. The molecule has 0 saturated carbocycles. The van der Waals surface area contributed by atoms with Crippen molar-refractivity contribution in [3.63, 3.8) is 0 Å². The lowest BCUT2D eigenvalue weighted by Crippen LogP contribution is -2.15. The van der Waals surface area contributed by atoms with Gasteiger partial charge < -0.3 is 14.7 Å². The molecule has 1 rings (SSSR count). The number of nitrogens with zero attached hydrogens (tertiary/aromatic N) is 1. The maximum Gasteiger partial charge on any atom is 0.125 e. The Bertz CT molecular complexity index is 348. The van der Waals surface area contributed by atoms with Crippen molar-refractivity contribution in [2.24, 2.45) is 0 Å². The van der Waals surface area contributed by atoms with Crippen LogP contribution in [0.4, 0.5) is 0 Å². The van der Waals surface area contributed by atoms with E-state index in [0.717, 1.165) is 29.8 Å². The average Bonchev–Trinajstić information content (AvgIpc) is 2.23. The minimum atomic E-state index is -0.487. The van der Waals surface area contributed by atoms with Crippen molar-refractivity contribution in [2.75, 3.05) is 27.2 Å². The quantitative estimate of drug-likeness (QED) is 0.771. The van der Waals surface area contributed by atoms with Crippen molar-refractivity contribution in [3.8, 4) is 5.75 Å². The third kappa shape index (κ3) is 4.75. The predicted octanol–water partition coefficient (Wildman–Crippen LogP) is 2.38. The van der Waals surface area contributed by atoms with Crippen LogP contribution in [0.2, 0.25) is 0 Å². The molecular formula is C14H23NO2. The zero-order chi connectivity index (χ0) is 12.8. The third-order valence-electron chi connectivity index (χ3n) is 2.63. The maximum absolute atomic E-state index is 9.65. The van der Waals surface area contributed by atoms with Gasteiger partial charge in [0.1, 0.15) is 5.75 Å². The van der Waals surface area contributed by atoms with Gasteiger partial charge in [0.15, 0.2) is 0 Å². The summed E-state index contributed by atoms with van der Waals surface area (Å²) >= 11 is 0. The molecule has 3 heteroatoms. The number of benzene rings is 1. The van der Waals surface area contributed by atoms with Crippen LogP contribution in [0.3, 0.4) is 0 Å². The molecule has 0 aliphatic rings. The van der Waals surface area contributed by atoms with Crippen LogP contribution in [0.25, 0.3) is 0 Å². The van der Waals surface area contributed by atoms with E-state index in [1.165, 1.54) is 0 Å². The Labute approximate surface area is 104 Å². The number of rotatable bonds is 6. The van der Waals surface area contributed by atoms with E-state index in [-0.39, 0.29) is 0 Å². The highest BCUT2D eigenvalue weighted by Gasteiger charge is 2.09. The van der Waals surface area contributed by atoms with Gasteiger partial charge in [-0.25, -0.2) is 0 Å². The minimum Gasteiger partial charge on any atom is -0.493 e. The SMILES string of the molecule is Cc1ccc([C@@H](C)O)c(OCCCN(C)C)c1. The van der Waals surface area contributed by atoms with E-state index < -0.39 is 6.10 Å². The molecule has 0 unspecified atom stereocenters. The van der Waals surface area contributed by atoms with Crippen LogP contribution in [-0.2, 0) is 0 Å². The van der Waals surface area contributed by atoms with Crippen molar-refractivity contribution in [1.29, 1.82) is 0 Å². The largest absolute Gasteiger partial charge is 0.493 e. The van der Waals surface area contributed by atoms with Gasteiger partial charge in [-0.05, 0) is 46.0 Å². The first-order valence-electron chi connectivity index (χ1n) is 6.07. The monoisotopic (exact) mass is 237 g/mol. The van der Waals surface area contributed by atoms with Gasteiger partial charge >= 0.3 is 0 Å². The summed E-state index contributed by atoms with van der Waals surface area (Å²) in [6.07, 6.45) is 0.500. The molecule has 1 N–H and O–H groups in total. The molecule has 0 aliphatic heterocycles. The van der Waals surface area contributed by atoms with E-state index in [4.69, 9.17) is 4.74 Å². The first kappa shape index (κ1) is 14.0. The second kappa shape index (κ2) is 6.62. The molecule has 0 saturated heterocycles. The Morgan fingerprint density at radius 2 is 2.06 bits per heavy atom. The fraction of sp³-hybridized carbons (Fsp3) is 0.571. The van der Waals surface area contributed by atoms with E-state index in [0.29, 0.717) is 6.61 Å². The van der Waals surface area contributed by atoms with Gasteiger partial charge in [-0.3, -0.25) is 0 Å². The van der Waals surface area contributed by atoms with Crippen LogP contribution in [0.5, 0.6) is 5.75 Å². The summed E-state index contributed by atoms with van der Waals surface area (Å²) in [5.41, 5.74) is 2.01. The highest BCUT2D eigenvalue weighted by molar-refractivity contribution is 5.38. The Morgan fingerprint density at radius 3 is 2.65 bits per heavy atom. The Kier molecular flexibility index (Phi) is 5.45. The lowest BCUT2D eigenvalue weighted by atomic mass is 10.1. The van der Waals surface area contributed by atoms with E-state index in [1.807, 2.05) is 39.2 Å². The number of hydrogen-bond donors (Lipinski definition) is 1. The average molecular weight is 237 g/mol. The zero-order valence-electron chi connectivity index (χ0n) is 11.2. The Hall–Kier alpha value is -1.06. The lowest BCUT2D eigenvalue weighted by molar-refractivity contribution is 0.190. The minimum absolute atomic E-state index is 0.487. The van der Waals surface area contributed by atoms with Crippen LogP contribution in [0.1, 0.15) is 30.6 Å². The normalized spacial score (nSPS) is 12.8. The van der Waals surface area contributed by atoms with E-state index in [2.05, 4.69) is 4.90 Å². The van der Waals surface area contributed by atoms with Crippen molar-refractivity contribution >= 4 is 0 Å². The molecule has 17 heavy (non-hydrogen) atoms. The fourth-order valence-electron chi connectivity index (χ4n) is 1.67. The number of aliphatic hydroxyl groups excluding tert-OH is 1. The highest BCUT2D eigenvalue weighted by atomic mass is 16.5. The summed E-state index contributed by atoms with van der Waals surface area (Å²) in [5, 5.41) is 9.65. The second-order valence-electron chi connectivity index (χ2n) is 4.72. The summed E-state index contributed by atoms with van der Waals surface area (Å²) < 4.78 is 5.74. The molecule has 0 fully saturated rings. The summed E-state index contributed by atoms with van der Waals surface area (Å²) in [6.45, 7) is 5.48. The van der Waals surface area contributed by atoms with Crippen LogP contribution in [-0.4, -0.2) is 37.3 Å². The van der Waals surface area contributed by atoms with Crippen LogP contribution < -0.4 is 4.74 Å². The molecule has 0 aromatic heterocycles. The number of ether oxygens (including phenoxy) is 1. The Morgan fingerprint density at radius 1 is 1.35 bits per heavy atom. The van der Waals surface area contributed by atoms with Gasteiger partial charge in [-0.1, -0.05) is 12.1 Å². The van der Waals surface area contributed by atoms with Gasteiger partial charge in [0.05, 0.1) is 12.7 Å². The predicted molar refractivity (Wildman–Crippen MR) is 70.5 cm³/mol. The van der Waals surface area contributed by atoms with Crippen molar-refractivity contribution < 1.29 is 9.84 Å². The second-order valence-corrected chi connectivity index (χ2v) is 4.72. The lowest BCUT2D eigenvalue weighted by Gasteiger charge is -2.15. The summed E-state index contributed by atoms with van der Waals surface area (Å²) in [6, 6.07) is 5.91. The zero-order valence-corrected chi connectivity index (χ0v) is 11.2. The molecule has 0 aliphatic carbocycles. The third-order valence-corrected chi connectivity index (χ3v) is 2.63. The molecular weight excluding hydrogens is 214 g/mol. The molecule has 1 atom stereocenters. The molecule has 0 amide bonds. The topological polar surface area (TPSA) is 32.7 Å². The summed E-state index contributed by atoms with van der Waals surface area (Å²) in [4.78, 5) is 2.13. The first-order valence-corrected chi connectivity index (χ1v) is 6.07. The molecule has 0 radical (unpaired) electrons. The number of hydrogen-bond acceptors (Lipinski definition) is 3. The fourth-order valence-corrected chi connectivity index (χ4v) is 1.67.